The second-order valence-electron chi connectivity index (χ2n) is 4.49. The molecule has 1 saturated heterocycles. The summed E-state index contributed by atoms with van der Waals surface area (Å²) in [5.41, 5.74) is -0.0821. The molecule has 0 aliphatic carbocycles. The molecule has 0 bridgehead atoms. The zero-order chi connectivity index (χ0) is 11.9. The van der Waals surface area contributed by atoms with Gasteiger partial charge >= 0.3 is 0 Å². The van der Waals surface area contributed by atoms with Crippen LogP contribution in [0, 0.1) is 5.41 Å². The lowest BCUT2D eigenvalue weighted by molar-refractivity contribution is -0.00116. The van der Waals surface area contributed by atoms with Crippen molar-refractivity contribution in [2.24, 2.45) is 5.41 Å². The minimum atomic E-state index is -0.0821. The van der Waals surface area contributed by atoms with E-state index in [9.17, 15) is 5.11 Å². The molecule has 1 N–H and O–H groups in total. The maximum atomic E-state index is 9.47. The van der Waals surface area contributed by atoms with Gasteiger partial charge in [-0.15, -0.1) is 0 Å². The van der Waals surface area contributed by atoms with Crippen molar-refractivity contribution in [3.63, 3.8) is 0 Å². The predicted octanol–water partition coefficient (Wildman–Crippen LogP) is 1.22. The van der Waals surface area contributed by atoms with Gasteiger partial charge < -0.3 is 19.3 Å². The molecule has 0 aromatic carbocycles. The van der Waals surface area contributed by atoms with E-state index in [1.54, 1.807) is 7.11 Å². The number of rotatable bonds is 8. The van der Waals surface area contributed by atoms with Crippen molar-refractivity contribution in [2.45, 2.75) is 32.3 Å². The maximum Gasteiger partial charge on any atom is 0.0626 e. The number of aliphatic hydroxyl groups excluding tert-OH is 1. The third kappa shape index (κ3) is 3.70. The van der Waals surface area contributed by atoms with Crippen LogP contribution in [0.25, 0.3) is 0 Å². The van der Waals surface area contributed by atoms with Crippen molar-refractivity contribution in [3.8, 4) is 0 Å². The fourth-order valence-electron chi connectivity index (χ4n) is 2.12. The molecule has 2 atom stereocenters. The maximum absolute atomic E-state index is 9.47. The van der Waals surface area contributed by atoms with Crippen LogP contribution in [0.5, 0.6) is 0 Å². The van der Waals surface area contributed by atoms with Crippen LogP contribution in [0.4, 0.5) is 0 Å². The fraction of sp³-hybridized carbons (Fsp3) is 1.00. The highest BCUT2D eigenvalue weighted by atomic mass is 16.5. The molecule has 96 valence electrons. The molecule has 1 heterocycles. The van der Waals surface area contributed by atoms with Crippen LogP contribution in [0.2, 0.25) is 0 Å². The van der Waals surface area contributed by atoms with Gasteiger partial charge in [-0.1, -0.05) is 0 Å². The summed E-state index contributed by atoms with van der Waals surface area (Å²) in [5, 5.41) is 9.47. The average Bonchev–Trinajstić information content (AvgIpc) is 2.66. The number of hydrogen-bond donors (Lipinski definition) is 1. The highest BCUT2D eigenvalue weighted by Gasteiger charge is 2.40. The predicted molar refractivity (Wildman–Crippen MR) is 61.5 cm³/mol. The number of ether oxygens (including phenoxy) is 3. The van der Waals surface area contributed by atoms with E-state index in [0.29, 0.717) is 6.61 Å². The smallest absolute Gasteiger partial charge is 0.0626 e. The molecule has 1 aliphatic heterocycles. The first-order valence-electron chi connectivity index (χ1n) is 6.04. The summed E-state index contributed by atoms with van der Waals surface area (Å²) in [6, 6.07) is 0. The van der Waals surface area contributed by atoms with Crippen LogP contribution >= 0.6 is 0 Å². The first-order chi connectivity index (χ1) is 7.75. The number of hydrogen-bond acceptors (Lipinski definition) is 4. The van der Waals surface area contributed by atoms with E-state index in [4.69, 9.17) is 14.2 Å². The highest BCUT2D eigenvalue weighted by Crippen LogP contribution is 2.37. The normalized spacial score (nSPS) is 29.8. The second-order valence-corrected chi connectivity index (χ2v) is 4.49. The Morgan fingerprint density at radius 2 is 2.19 bits per heavy atom. The lowest BCUT2D eigenvalue weighted by atomic mass is 9.80. The van der Waals surface area contributed by atoms with E-state index in [2.05, 4.69) is 0 Å². The zero-order valence-electron chi connectivity index (χ0n) is 10.4. The standard InChI is InChI=1S/C12H24O4/c1-11-12(10-13,5-9-16-11)4-8-15-7-3-6-14-2/h11,13H,3-10H2,1-2H3. The molecule has 1 aliphatic rings. The molecular formula is C12H24O4. The minimum Gasteiger partial charge on any atom is -0.396 e. The van der Waals surface area contributed by atoms with Crippen LogP contribution in [-0.4, -0.2) is 51.4 Å². The van der Waals surface area contributed by atoms with Crippen molar-refractivity contribution in [3.05, 3.63) is 0 Å². The second kappa shape index (κ2) is 7.22. The Kier molecular flexibility index (Phi) is 6.28. The molecule has 1 rings (SSSR count). The molecular weight excluding hydrogens is 208 g/mol. The molecule has 1 fully saturated rings. The van der Waals surface area contributed by atoms with Gasteiger partial charge in [-0.3, -0.25) is 0 Å². The first kappa shape index (κ1) is 13.9. The van der Waals surface area contributed by atoms with E-state index < -0.39 is 0 Å². The van der Waals surface area contributed by atoms with Gasteiger partial charge in [0.15, 0.2) is 0 Å². The molecule has 4 heteroatoms. The van der Waals surface area contributed by atoms with E-state index in [1.165, 1.54) is 0 Å². The molecule has 0 saturated carbocycles. The van der Waals surface area contributed by atoms with Gasteiger partial charge in [-0.2, -0.15) is 0 Å². The molecule has 0 amide bonds. The summed E-state index contributed by atoms with van der Waals surface area (Å²) < 4.78 is 16.0. The molecule has 16 heavy (non-hydrogen) atoms. The van der Waals surface area contributed by atoms with Gasteiger partial charge in [-0.25, -0.2) is 0 Å². The van der Waals surface area contributed by atoms with Gasteiger partial charge in [0.25, 0.3) is 0 Å². The third-order valence-electron chi connectivity index (χ3n) is 3.53. The van der Waals surface area contributed by atoms with Crippen molar-refractivity contribution in [1.29, 1.82) is 0 Å². The van der Waals surface area contributed by atoms with E-state index >= 15 is 0 Å². The summed E-state index contributed by atoms with van der Waals surface area (Å²) in [6.45, 7) is 5.14. The summed E-state index contributed by atoms with van der Waals surface area (Å²) in [5.74, 6) is 0. The largest absolute Gasteiger partial charge is 0.396 e. The lowest BCUT2D eigenvalue weighted by Crippen LogP contribution is -2.34. The van der Waals surface area contributed by atoms with Crippen LogP contribution in [0.15, 0.2) is 0 Å². The number of methoxy groups -OCH3 is 1. The molecule has 0 radical (unpaired) electrons. The SMILES string of the molecule is COCCCOCCC1(CO)CCOC1C. The van der Waals surface area contributed by atoms with E-state index in [-0.39, 0.29) is 18.1 Å². The van der Waals surface area contributed by atoms with Crippen molar-refractivity contribution < 1.29 is 19.3 Å². The topological polar surface area (TPSA) is 47.9 Å². The van der Waals surface area contributed by atoms with Gasteiger partial charge in [0.2, 0.25) is 0 Å². The van der Waals surface area contributed by atoms with Crippen LogP contribution in [-0.2, 0) is 14.2 Å². The van der Waals surface area contributed by atoms with Gasteiger partial charge in [0.05, 0.1) is 12.7 Å². The Morgan fingerprint density at radius 3 is 2.75 bits per heavy atom. The monoisotopic (exact) mass is 232 g/mol. The summed E-state index contributed by atoms with van der Waals surface area (Å²) in [4.78, 5) is 0. The molecule has 0 aromatic heterocycles. The Labute approximate surface area is 97.9 Å². The fourth-order valence-corrected chi connectivity index (χ4v) is 2.12. The van der Waals surface area contributed by atoms with Gasteiger partial charge in [0.1, 0.15) is 0 Å². The van der Waals surface area contributed by atoms with Gasteiger partial charge in [-0.05, 0) is 26.2 Å². The van der Waals surface area contributed by atoms with Crippen LogP contribution < -0.4 is 0 Å². The highest BCUT2D eigenvalue weighted by molar-refractivity contribution is 4.88. The van der Waals surface area contributed by atoms with E-state index in [1.807, 2.05) is 6.92 Å². The Bertz CT molecular complexity index is 186. The number of aliphatic hydroxyl groups is 1. The Balaban J connectivity index is 2.14. The Morgan fingerprint density at radius 1 is 1.38 bits per heavy atom. The summed E-state index contributed by atoms with van der Waals surface area (Å²) in [6.07, 6.45) is 2.87. The van der Waals surface area contributed by atoms with Crippen molar-refractivity contribution >= 4 is 0 Å². The van der Waals surface area contributed by atoms with Crippen LogP contribution in [0.1, 0.15) is 26.2 Å². The molecule has 0 aromatic rings. The first-order valence-corrected chi connectivity index (χ1v) is 6.04. The van der Waals surface area contributed by atoms with Crippen molar-refractivity contribution in [2.75, 3.05) is 40.1 Å². The molecule has 0 spiro atoms. The minimum absolute atomic E-state index is 0.0821. The molecule has 4 nitrogen and oxygen atoms in total. The average molecular weight is 232 g/mol. The lowest BCUT2D eigenvalue weighted by Gasteiger charge is -2.29. The van der Waals surface area contributed by atoms with Gasteiger partial charge in [0, 0.05) is 39.0 Å². The zero-order valence-corrected chi connectivity index (χ0v) is 10.4. The van der Waals surface area contributed by atoms with Crippen LogP contribution in [0.3, 0.4) is 0 Å². The summed E-state index contributed by atoms with van der Waals surface area (Å²) >= 11 is 0. The van der Waals surface area contributed by atoms with Crippen molar-refractivity contribution in [1.82, 2.24) is 0 Å². The molecule has 2 unspecified atom stereocenters. The quantitative estimate of drug-likeness (QED) is 0.639. The Hall–Kier alpha value is -0.160. The summed E-state index contributed by atoms with van der Waals surface area (Å²) in [7, 11) is 1.69. The third-order valence-corrected chi connectivity index (χ3v) is 3.53. The van der Waals surface area contributed by atoms with E-state index in [0.717, 1.165) is 39.1 Å².